The Labute approximate surface area is 154 Å². The standard InChI is InChI=1S/C20H18BrN2O2/c21-16-5-3-14(4-6-16)12-22-10-7-15(8-11-22)19(24)17-13-23-9-1-2-18(23)20(17)25/h1-11,17,19,24H,12-13H2/q+1/t17-,19+/m0/s1. The Morgan fingerprint density at radius 3 is 2.56 bits per heavy atom. The van der Waals surface area contributed by atoms with E-state index in [-0.39, 0.29) is 5.78 Å². The maximum Gasteiger partial charge on any atom is 0.187 e. The van der Waals surface area contributed by atoms with Crippen molar-refractivity contribution in [3.8, 4) is 0 Å². The molecule has 0 fully saturated rings. The molecular formula is C20H18BrN2O2+. The quantitative estimate of drug-likeness (QED) is 0.687. The maximum atomic E-state index is 12.4. The highest BCUT2D eigenvalue weighted by molar-refractivity contribution is 9.10. The highest BCUT2D eigenvalue weighted by Crippen LogP contribution is 2.31. The van der Waals surface area contributed by atoms with Crippen molar-refractivity contribution in [1.29, 1.82) is 0 Å². The van der Waals surface area contributed by atoms with Crippen LogP contribution in [0.1, 0.15) is 27.7 Å². The van der Waals surface area contributed by atoms with E-state index in [0.717, 1.165) is 16.6 Å². The molecule has 0 saturated heterocycles. The normalized spacial score (nSPS) is 17.5. The second kappa shape index (κ2) is 6.58. The lowest BCUT2D eigenvalue weighted by atomic mass is 9.93. The average molecular weight is 398 g/mol. The third kappa shape index (κ3) is 3.17. The number of hydrogen-bond acceptors (Lipinski definition) is 2. The van der Waals surface area contributed by atoms with Crippen LogP contribution < -0.4 is 4.57 Å². The molecule has 3 heterocycles. The molecule has 0 aliphatic carbocycles. The van der Waals surface area contributed by atoms with Crippen LogP contribution in [-0.4, -0.2) is 15.5 Å². The van der Waals surface area contributed by atoms with Gasteiger partial charge in [-0.05, 0) is 29.8 Å². The summed E-state index contributed by atoms with van der Waals surface area (Å²) < 4.78 is 5.03. The number of ketones is 1. The lowest BCUT2D eigenvalue weighted by Gasteiger charge is -2.16. The zero-order valence-electron chi connectivity index (χ0n) is 13.5. The van der Waals surface area contributed by atoms with Crippen molar-refractivity contribution in [2.75, 3.05) is 0 Å². The molecule has 1 aromatic carbocycles. The Balaban J connectivity index is 1.47. The Bertz CT molecular complexity index is 900. The molecule has 2 atom stereocenters. The number of hydrogen-bond donors (Lipinski definition) is 1. The van der Waals surface area contributed by atoms with Crippen molar-refractivity contribution in [3.05, 3.63) is 88.4 Å². The van der Waals surface area contributed by atoms with Gasteiger partial charge in [-0.25, -0.2) is 4.57 Å². The number of benzene rings is 1. The number of rotatable bonds is 4. The third-order valence-electron chi connectivity index (χ3n) is 4.73. The molecule has 1 aliphatic heterocycles. The number of Topliss-reactive ketones (excluding diaryl/α,β-unsaturated/α-hetero) is 1. The number of carbonyl (C=O) groups excluding carboxylic acids is 1. The van der Waals surface area contributed by atoms with E-state index in [1.165, 1.54) is 5.56 Å². The van der Waals surface area contributed by atoms with Gasteiger partial charge in [0.25, 0.3) is 0 Å². The van der Waals surface area contributed by atoms with Gasteiger partial charge in [-0.15, -0.1) is 0 Å². The molecule has 3 aromatic rings. The summed E-state index contributed by atoms with van der Waals surface area (Å²) in [6, 6.07) is 15.7. The van der Waals surface area contributed by atoms with Crippen molar-refractivity contribution in [3.63, 3.8) is 0 Å². The predicted octanol–water partition coefficient (Wildman–Crippen LogP) is 3.13. The Morgan fingerprint density at radius 1 is 1.16 bits per heavy atom. The Morgan fingerprint density at radius 2 is 1.88 bits per heavy atom. The summed E-state index contributed by atoms with van der Waals surface area (Å²) in [6.45, 7) is 1.30. The van der Waals surface area contributed by atoms with Gasteiger partial charge in [-0.1, -0.05) is 28.1 Å². The zero-order chi connectivity index (χ0) is 17.4. The highest BCUT2D eigenvalue weighted by atomic mass is 79.9. The van der Waals surface area contributed by atoms with E-state index in [1.54, 1.807) is 0 Å². The van der Waals surface area contributed by atoms with E-state index >= 15 is 0 Å². The van der Waals surface area contributed by atoms with Crippen molar-refractivity contribution >= 4 is 21.7 Å². The lowest BCUT2D eigenvalue weighted by molar-refractivity contribution is -0.688. The highest BCUT2D eigenvalue weighted by Gasteiger charge is 2.36. The summed E-state index contributed by atoms with van der Waals surface area (Å²) in [5, 5.41) is 10.6. The number of aliphatic hydroxyl groups is 1. The van der Waals surface area contributed by atoms with Crippen LogP contribution >= 0.6 is 15.9 Å². The first-order valence-electron chi connectivity index (χ1n) is 8.23. The fourth-order valence-electron chi connectivity index (χ4n) is 3.33. The molecule has 0 bridgehead atoms. The molecule has 25 heavy (non-hydrogen) atoms. The number of aromatic nitrogens is 2. The van der Waals surface area contributed by atoms with Crippen LogP contribution in [0.2, 0.25) is 0 Å². The Hall–Kier alpha value is -2.24. The molecule has 126 valence electrons. The first kappa shape index (κ1) is 16.2. The summed E-state index contributed by atoms with van der Waals surface area (Å²) in [5.74, 6) is -0.386. The maximum absolute atomic E-state index is 12.4. The van der Waals surface area contributed by atoms with E-state index in [1.807, 2.05) is 59.6 Å². The second-order valence-corrected chi connectivity index (χ2v) is 7.31. The molecule has 0 unspecified atom stereocenters. The predicted molar refractivity (Wildman–Crippen MR) is 97.1 cm³/mol. The number of carbonyl (C=O) groups is 1. The molecule has 2 aromatic heterocycles. The molecule has 0 amide bonds. The fourth-order valence-corrected chi connectivity index (χ4v) is 3.59. The van der Waals surface area contributed by atoms with Gasteiger partial charge < -0.3 is 9.67 Å². The van der Waals surface area contributed by atoms with Gasteiger partial charge in [0.1, 0.15) is 0 Å². The Kier molecular flexibility index (Phi) is 4.27. The number of fused-ring (bicyclic) bond motifs is 1. The SMILES string of the molecule is O=C1c2cccn2C[C@H]1[C@H](O)c1cc[n+](Cc2ccc(Br)cc2)cc1. The first-order chi connectivity index (χ1) is 12.1. The van der Waals surface area contributed by atoms with E-state index in [4.69, 9.17) is 0 Å². The summed E-state index contributed by atoms with van der Waals surface area (Å²) in [5.41, 5.74) is 2.66. The lowest BCUT2D eigenvalue weighted by Crippen LogP contribution is -2.33. The van der Waals surface area contributed by atoms with Gasteiger partial charge in [0, 0.05) is 34.9 Å². The smallest absolute Gasteiger partial charge is 0.187 e. The summed E-state index contributed by atoms with van der Waals surface area (Å²) in [7, 11) is 0. The topological polar surface area (TPSA) is 46.1 Å². The largest absolute Gasteiger partial charge is 0.388 e. The van der Waals surface area contributed by atoms with E-state index in [0.29, 0.717) is 12.2 Å². The van der Waals surface area contributed by atoms with Crippen molar-refractivity contribution in [1.82, 2.24) is 4.57 Å². The minimum atomic E-state index is -0.783. The van der Waals surface area contributed by atoms with Crippen LogP contribution in [0.4, 0.5) is 0 Å². The molecular weight excluding hydrogens is 380 g/mol. The molecule has 0 radical (unpaired) electrons. The van der Waals surface area contributed by atoms with Crippen LogP contribution in [0.5, 0.6) is 0 Å². The summed E-state index contributed by atoms with van der Waals surface area (Å²) >= 11 is 3.44. The fraction of sp³-hybridized carbons (Fsp3) is 0.200. The van der Waals surface area contributed by atoms with Gasteiger partial charge in [0.15, 0.2) is 24.7 Å². The minimum absolute atomic E-state index is 0.0177. The van der Waals surface area contributed by atoms with E-state index < -0.39 is 12.0 Å². The number of nitrogens with zero attached hydrogens (tertiary/aromatic N) is 2. The van der Waals surface area contributed by atoms with Crippen LogP contribution in [0, 0.1) is 5.92 Å². The minimum Gasteiger partial charge on any atom is -0.388 e. The molecule has 1 aliphatic rings. The van der Waals surface area contributed by atoms with Gasteiger partial charge in [-0.3, -0.25) is 4.79 Å². The summed E-state index contributed by atoms with van der Waals surface area (Å²) in [4.78, 5) is 12.4. The second-order valence-electron chi connectivity index (χ2n) is 6.39. The number of halogens is 1. The van der Waals surface area contributed by atoms with Gasteiger partial charge in [0.05, 0.1) is 17.7 Å². The van der Waals surface area contributed by atoms with Crippen LogP contribution in [0.25, 0.3) is 0 Å². The molecule has 0 spiro atoms. The third-order valence-corrected chi connectivity index (χ3v) is 5.26. The van der Waals surface area contributed by atoms with Gasteiger partial charge >= 0.3 is 0 Å². The molecule has 0 saturated carbocycles. The van der Waals surface area contributed by atoms with E-state index in [2.05, 4.69) is 32.6 Å². The van der Waals surface area contributed by atoms with Crippen molar-refractivity contribution in [2.45, 2.75) is 19.2 Å². The van der Waals surface area contributed by atoms with Crippen LogP contribution in [0.15, 0.2) is 71.6 Å². The van der Waals surface area contributed by atoms with Crippen LogP contribution in [-0.2, 0) is 13.1 Å². The molecule has 4 rings (SSSR count). The average Bonchev–Trinajstić information content (AvgIpc) is 3.20. The van der Waals surface area contributed by atoms with Crippen molar-refractivity contribution in [2.24, 2.45) is 5.92 Å². The monoisotopic (exact) mass is 397 g/mol. The first-order valence-corrected chi connectivity index (χ1v) is 9.02. The van der Waals surface area contributed by atoms with Gasteiger partial charge in [-0.2, -0.15) is 0 Å². The van der Waals surface area contributed by atoms with Crippen molar-refractivity contribution < 1.29 is 14.5 Å². The zero-order valence-corrected chi connectivity index (χ0v) is 15.1. The summed E-state index contributed by atoms with van der Waals surface area (Å²) in [6.07, 6.45) is 4.99. The van der Waals surface area contributed by atoms with Gasteiger partial charge in [0.2, 0.25) is 0 Å². The molecule has 5 heteroatoms. The van der Waals surface area contributed by atoms with E-state index in [9.17, 15) is 9.90 Å². The number of pyridine rings is 1. The molecule has 4 nitrogen and oxygen atoms in total. The van der Waals surface area contributed by atoms with Crippen LogP contribution in [0.3, 0.4) is 0 Å². The molecule has 1 N–H and O–H groups in total. The number of aliphatic hydroxyl groups excluding tert-OH is 1.